The summed E-state index contributed by atoms with van der Waals surface area (Å²) in [7, 11) is 0. The summed E-state index contributed by atoms with van der Waals surface area (Å²) in [6, 6.07) is 6.42. The number of alkyl halides is 3. The van der Waals surface area contributed by atoms with Crippen LogP contribution in [0.1, 0.15) is 23.0 Å². The van der Waals surface area contributed by atoms with E-state index in [9.17, 15) is 18.0 Å². The second-order valence-corrected chi connectivity index (χ2v) is 5.75. The SMILES string of the molecule is C[C@@H]1CNCCN1C(=O)c1ccn(-c2cccc(C(F)(F)F)c2)n1. The van der Waals surface area contributed by atoms with Gasteiger partial charge in [0.25, 0.3) is 5.91 Å². The number of carbonyl (C=O) groups is 1. The Bertz CT molecular complexity index is 741. The highest BCUT2D eigenvalue weighted by Crippen LogP contribution is 2.30. The van der Waals surface area contributed by atoms with E-state index in [0.29, 0.717) is 19.6 Å². The molecular formula is C16H17F3N4O. The molecule has 0 spiro atoms. The number of amides is 1. The lowest BCUT2D eigenvalue weighted by molar-refractivity contribution is -0.137. The van der Waals surface area contributed by atoms with Crippen molar-refractivity contribution >= 4 is 5.91 Å². The molecule has 8 heteroatoms. The van der Waals surface area contributed by atoms with Crippen LogP contribution in [-0.4, -0.2) is 46.3 Å². The van der Waals surface area contributed by atoms with E-state index in [1.165, 1.54) is 29.1 Å². The topological polar surface area (TPSA) is 50.2 Å². The lowest BCUT2D eigenvalue weighted by Gasteiger charge is -2.33. The summed E-state index contributed by atoms with van der Waals surface area (Å²) in [5, 5.41) is 7.35. The van der Waals surface area contributed by atoms with E-state index in [2.05, 4.69) is 10.4 Å². The molecule has 0 saturated carbocycles. The van der Waals surface area contributed by atoms with Gasteiger partial charge in [0, 0.05) is 31.9 Å². The van der Waals surface area contributed by atoms with Crippen molar-refractivity contribution in [1.29, 1.82) is 0 Å². The van der Waals surface area contributed by atoms with Gasteiger partial charge in [-0.25, -0.2) is 4.68 Å². The Morgan fingerprint density at radius 2 is 2.12 bits per heavy atom. The third-order valence-corrected chi connectivity index (χ3v) is 4.01. The quantitative estimate of drug-likeness (QED) is 0.914. The molecule has 2 heterocycles. The highest BCUT2D eigenvalue weighted by atomic mass is 19.4. The molecule has 1 aliphatic heterocycles. The number of nitrogens with zero attached hydrogens (tertiary/aromatic N) is 3. The molecule has 1 aromatic heterocycles. The molecule has 3 rings (SSSR count). The Kier molecular flexibility index (Phi) is 4.31. The molecule has 2 aromatic rings. The maximum atomic E-state index is 12.8. The third kappa shape index (κ3) is 3.28. The Hall–Kier alpha value is -2.35. The molecule has 1 aromatic carbocycles. The standard InChI is InChI=1S/C16H17F3N4O/c1-11-10-20-6-8-22(11)15(24)14-5-7-23(21-14)13-4-2-3-12(9-13)16(17,18)19/h2-5,7,9,11,20H,6,8,10H2,1H3/t11-/m1/s1. The summed E-state index contributed by atoms with van der Waals surface area (Å²) in [5.74, 6) is -0.213. The van der Waals surface area contributed by atoms with Crippen LogP contribution in [0.25, 0.3) is 5.69 Å². The summed E-state index contributed by atoms with van der Waals surface area (Å²) < 4.78 is 39.7. The normalized spacial score (nSPS) is 18.7. The van der Waals surface area contributed by atoms with Gasteiger partial charge in [-0.05, 0) is 31.2 Å². The summed E-state index contributed by atoms with van der Waals surface area (Å²) in [4.78, 5) is 14.2. The van der Waals surface area contributed by atoms with Gasteiger partial charge in [0.1, 0.15) is 0 Å². The molecule has 0 aliphatic carbocycles. The Balaban J connectivity index is 1.84. The number of carbonyl (C=O) groups excluding carboxylic acids is 1. The molecule has 0 unspecified atom stereocenters. The molecule has 1 aliphatic rings. The third-order valence-electron chi connectivity index (χ3n) is 4.01. The van der Waals surface area contributed by atoms with Crippen molar-refractivity contribution < 1.29 is 18.0 Å². The van der Waals surface area contributed by atoms with Crippen LogP contribution in [0.3, 0.4) is 0 Å². The molecule has 128 valence electrons. The molecule has 1 atom stereocenters. The molecule has 1 fully saturated rings. The largest absolute Gasteiger partial charge is 0.416 e. The van der Waals surface area contributed by atoms with Gasteiger partial charge in [-0.1, -0.05) is 6.07 Å². The van der Waals surface area contributed by atoms with Gasteiger partial charge in [-0.15, -0.1) is 0 Å². The first-order chi connectivity index (χ1) is 11.4. The summed E-state index contributed by atoms with van der Waals surface area (Å²) in [6.07, 6.45) is -2.92. The van der Waals surface area contributed by atoms with Gasteiger partial charge < -0.3 is 10.2 Å². The molecule has 5 nitrogen and oxygen atoms in total. The highest BCUT2D eigenvalue weighted by Gasteiger charge is 2.31. The van der Waals surface area contributed by atoms with Crippen molar-refractivity contribution in [2.75, 3.05) is 19.6 Å². The number of hydrogen-bond donors (Lipinski definition) is 1. The highest BCUT2D eigenvalue weighted by molar-refractivity contribution is 5.92. The van der Waals surface area contributed by atoms with Crippen molar-refractivity contribution in [2.24, 2.45) is 0 Å². The summed E-state index contributed by atoms with van der Waals surface area (Å²) in [5.41, 5.74) is -0.266. The van der Waals surface area contributed by atoms with Crippen molar-refractivity contribution in [3.8, 4) is 5.69 Å². The Morgan fingerprint density at radius 1 is 1.33 bits per heavy atom. The molecular weight excluding hydrogens is 321 g/mol. The zero-order valence-electron chi connectivity index (χ0n) is 13.0. The number of hydrogen-bond acceptors (Lipinski definition) is 3. The van der Waals surface area contributed by atoms with Gasteiger partial charge in [0.05, 0.1) is 11.3 Å². The molecule has 0 bridgehead atoms. The molecule has 24 heavy (non-hydrogen) atoms. The second-order valence-electron chi connectivity index (χ2n) is 5.75. The maximum absolute atomic E-state index is 12.8. The molecule has 1 N–H and O–H groups in total. The summed E-state index contributed by atoms with van der Waals surface area (Å²) in [6.45, 7) is 3.94. The first kappa shape index (κ1) is 16.5. The Morgan fingerprint density at radius 3 is 2.83 bits per heavy atom. The minimum Gasteiger partial charge on any atom is -0.332 e. The van der Waals surface area contributed by atoms with E-state index in [0.717, 1.165) is 12.1 Å². The van der Waals surface area contributed by atoms with Crippen LogP contribution in [0.2, 0.25) is 0 Å². The zero-order valence-corrected chi connectivity index (χ0v) is 13.0. The van der Waals surface area contributed by atoms with E-state index >= 15 is 0 Å². The van der Waals surface area contributed by atoms with E-state index in [1.807, 2.05) is 6.92 Å². The van der Waals surface area contributed by atoms with Gasteiger partial charge in [0.2, 0.25) is 0 Å². The van der Waals surface area contributed by atoms with Crippen molar-refractivity contribution in [2.45, 2.75) is 19.1 Å². The predicted octanol–water partition coefficient (Wildman–Crippen LogP) is 2.33. The number of aromatic nitrogens is 2. The van der Waals surface area contributed by atoms with Crippen LogP contribution in [-0.2, 0) is 6.18 Å². The van der Waals surface area contributed by atoms with Crippen LogP contribution < -0.4 is 5.32 Å². The van der Waals surface area contributed by atoms with Gasteiger partial charge in [-0.2, -0.15) is 18.3 Å². The van der Waals surface area contributed by atoms with Gasteiger partial charge in [0.15, 0.2) is 5.69 Å². The fourth-order valence-corrected chi connectivity index (χ4v) is 2.70. The van der Waals surface area contributed by atoms with Crippen molar-refractivity contribution in [3.05, 3.63) is 47.8 Å². The second kappa shape index (κ2) is 6.27. The minimum absolute atomic E-state index is 0.0463. The van der Waals surface area contributed by atoms with Crippen LogP contribution in [0.4, 0.5) is 13.2 Å². The van der Waals surface area contributed by atoms with Crippen LogP contribution >= 0.6 is 0 Å². The number of halogens is 3. The monoisotopic (exact) mass is 338 g/mol. The van der Waals surface area contributed by atoms with Gasteiger partial charge >= 0.3 is 6.18 Å². The molecule has 1 amide bonds. The van der Waals surface area contributed by atoms with Crippen LogP contribution in [0, 0.1) is 0 Å². The van der Waals surface area contributed by atoms with E-state index < -0.39 is 11.7 Å². The van der Waals surface area contributed by atoms with Crippen LogP contribution in [0.15, 0.2) is 36.5 Å². The zero-order chi connectivity index (χ0) is 17.3. The maximum Gasteiger partial charge on any atom is 0.416 e. The summed E-state index contributed by atoms with van der Waals surface area (Å²) >= 11 is 0. The smallest absolute Gasteiger partial charge is 0.332 e. The molecule has 0 radical (unpaired) electrons. The average Bonchev–Trinajstić information content (AvgIpc) is 3.04. The number of benzene rings is 1. The number of piperazine rings is 1. The number of rotatable bonds is 2. The van der Waals surface area contributed by atoms with E-state index in [1.54, 1.807) is 4.90 Å². The van der Waals surface area contributed by atoms with Gasteiger partial charge in [-0.3, -0.25) is 4.79 Å². The van der Waals surface area contributed by atoms with Crippen molar-refractivity contribution in [1.82, 2.24) is 20.0 Å². The first-order valence-electron chi connectivity index (χ1n) is 7.61. The minimum atomic E-state index is -4.42. The fourth-order valence-electron chi connectivity index (χ4n) is 2.70. The van der Waals surface area contributed by atoms with Crippen LogP contribution in [0.5, 0.6) is 0 Å². The van der Waals surface area contributed by atoms with E-state index in [4.69, 9.17) is 0 Å². The lowest BCUT2D eigenvalue weighted by Crippen LogP contribution is -2.52. The number of nitrogens with one attached hydrogen (secondary N) is 1. The van der Waals surface area contributed by atoms with Crippen molar-refractivity contribution in [3.63, 3.8) is 0 Å². The fraction of sp³-hybridized carbons (Fsp3) is 0.375. The first-order valence-corrected chi connectivity index (χ1v) is 7.61. The Labute approximate surface area is 137 Å². The lowest BCUT2D eigenvalue weighted by atomic mass is 10.2. The molecule has 1 saturated heterocycles. The van der Waals surface area contributed by atoms with E-state index in [-0.39, 0.29) is 23.3 Å². The predicted molar refractivity (Wildman–Crippen MR) is 81.9 cm³/mol. The average molecular weight is 338 g/mol.